The van der Waals surface area contributed by atoms with Crippen molar-refractivity contribution in [2.24, 2.45) is 4.99 Å². The summed E-state index contributed by atoms with van der Waals surface area (Å²) in [7, 11) is 1.70. The van der Waals surface area contributed by atoms with E-state index in [9.17, 15) is 13.2 Å². The van der Waals surface area contributed by atoms with Crippen molar-refractivity contribution in [2.75, 3.05) is 29.5 Å². The summed E-state index contributed by atoms with van der Waals surface area (Å²) >= 11 is 0. The predicted octanol–water partition coefficient (Wildman–Crippen LogP) is 6.27. The highest BCUT2D eigenvalue weighted by atomic mass is 19.4. The predicted molar refractivity (Wildman–Crippen MR) is 137 cm³/mol. The van der Waals surface area contributed by atoms with E-state index in [2.05, 4.69) is 24.1 Å². The van der Waals surface area contributed by atoms with E-state index in [1.54, 1.807) is 30.1 Å². The summed E-state index contributed by atoms with van der Waals surface area (Å²) in [5, 5.41) is 6.65. The molecule has 0 aliphatic carbocycles. The van der Waals surface area contributed by atoms with Gasteiger partial charge in [-0.2, -0.15) is 13.2 Å². The summed E-state index contributed by atoms with van der Waals surface area (Å²) in [5.74, 6) is 0.405. The second-order valence-corrected chi connectivity index (χ2v) is 8.37. The molecule has 1 aliphatic rings. The topological polar surface area (TPSA) is 65.7 Å². The molecule has 1 unspecified atom stereocenters. The van der Waals surface area contributed by atoms with Gasteiger partial charge in [-0.3, -0.25) is 0 Å². The second-order valence-electron chi connectivity index (χ2n) is 8.37. The maximum atomic E-state index is 13.9. The first-order valence-electron chi connectivity index (χ1n) is 11.4. The van der Waals surface area contributed by atoms with Crippen LogP contribution in [0.1, 0.15) is 41.8 Å². The Labute approximate surface area is 203 Å². The van der Waals surface area contributed by atoms with Gasteiger partial charge >= 0.3 is 6.18 Å². The number of rotatable bonds is 6. The van der Waals surface area contributed by atoms with Gasteiger partial charge in [0.1, 0.15) is 12.0 Å². The van der Waals surface area contributed by atoms with E-state index in [1.165, 1.54) is 12.1 Å². The van der Waals surface area contributed by atoms with Gasteiger partial charge in [0.25, 0.3) is 0 Å². The Hall–Kier alpha value is -3.94. The highest BCUT2D eigenvalue weighted by molar-refractivity contribution is 6.10. The van der Waals surface area contributed by atoms with Crippen molar-refractivity contribution in [1.82, 2.24) is 5.32 Å². The lowest BCUT2D eigenvalue weighted by molar-refractivity contribution is -0.138. The highest BCUT2D eigenvalue weighted by Gasteiger charge is 2.38. The van der Waals surface area contributed by atoms with E-state index in [0.29, 0.717) is 28.5 Å². The number of alkyl halides is 3. The third kappa shape index (κ3) is 4.82. The molecule has 5 nitrogen and oxygen atoms in total. The second kappa shape index (κ2) is 9.74. The Balaban J connectivity index is 1.79. The Bertz CT molecular complexity index is 1270. The molecule has 4 N–H and O–H groups in total. The molecular formula is C27H28F3N5. The Morgan fingerprint density at radius 3 is 2.51 bits per heavy atom. The molecule has 0 bridgehead atoms. The van der Waals surface area contributed by atoms with Crippen LogP contribution in [0.3, 0.4) is 0 Å². The normalized spacial score (nSPS) is 15.3. The summed E-state index contributed by atoms with van der Waals surface area (Å²) in [6, 6.07) is 18.6. The van der Waals surface area contributed by atoms with Crippen LogP contribution in [0.5, 0.6) is 0 Å². The van der Waals surface area contributed by atoms with Gasteiger partial charge in [0, 0.05) is 41.7 Å². The number of aliphatic imine (C=N–C) groups is 1. The molecule has 0 amide bonds. The lowest BCUT2D eigenvalue weighted by Crippen LogP contribution is -2.36. The molecule has 3 aromatic carbocycles. The molecule has 0 saturated heterocycles. The molecule has 0 saturated carbocycles. The SMILES string of the molecule is C=C(NC1=NC(c2ccccc2C(F)(F)F)N(C)c2c(N)cccc21)c1ccccc1NCCC. The van der Waals surface area contributed by atoms with Gasteiger partial charge in [0.2, 0.25) is 0 Å². The Morgan fingerprint density at radius 2 is 1.77 bits per heavy atom. The van der Waals surface area contributed by atoms with Crippen molar-refractivity contribution < 1.29 is 13.2 Å². The number of fused-ring (bicyclic) bond motifs is 1. The first-order chi connectivity index (χ1) is 16.7. The van der Waals surface area contributed by atoms with Crippen LogP contribution in [-0.4, -0.2) is 19.4 Å². The van der Waals surface area contributed by atoms with E-state index in [4.69, 9.17) is 10.7 Å². The number of nitrogens with two attached hydrogens (primary N) is 1. The molecule has 1 aliphatic heterocycles. The third-order valence-electron chi connectivity index (χ3n) is 5.92. The lowest BCUT2D eigenvalue weighted by atomic mass is 9.99. The number of hydrogen-bond donors (Lipinski definition) is 3. The van der Waals surface area contributed by atoms with Crippen molar-refractivity contribution in [3.63, 3.8) is 0 Å². The van der Waals surface area contributed by atoms with Crippen LogP contribution in [0.25, 0.3) is 5.70 Å². The van der Waals surface area contributed by atoms with Crippen molar-refractivity contribution in [2.45, 2.75) is 25.7 Å². The minimum absolute atomic E-state index is 0.0475. The number of hydrogen-bond acceptors (Lipinski definition) is 5. The highest BCUT2D eigenvalue weighted by Crippen LogP contribution is 2.42. The van der Waals surface area contributed by atoms with E-state index in [0.717, 1.165) is 30.3 Å². The maximum Gasteiger partial charge on any atom is 0.416 e. The number of anilines is 3. The fourth-order valence-corrected chi connectivity index (χ4v) is 4.28. The molecular weight excluding hydrogens is 451 g/mol. The fourth-order valence-electron chi connectivity index (χ4n) is 4.28. The molecule has 8 heteroatoms. The van der Waals surface area contributed by atoms with Crippen LogP contribution in [0.2, 0.25) is 0 Å². The van der Waals surface area contributed by atoms with E-state index in [1.807, 2.05) is 30.3 Å². The van der Waals surface area contributed by atoms with Gasteiger partial charge < -0.3 is 21.3 Å². The zero-order valence-electron chi connectivity index (χ0n) is 19.7. The van der Waals surface area contributed by atoms with Gasteiger partial charge in [-0.15, -0.1) is 0 Å². The number of nitrogens with zero attached hydrogens (tertiary/aromatic N) is 2. The zero-order valence-corrected chi connectivity index (χ0v) is 19.7. The van der Waals surface area contributed by atoms with Gasteiger partial charge in [0.15, 0.2) is 0 Å². The fraction of sp³-hybridized carbons (Fsp3) is 0.222. The van der Waals surface area contributed by atoms with Crippen molar-refractivity contribution in [3.05, 3.63) is 95.6 Å². The average Bonchev–Trinajstić information content (AvgIpc) is 2.84. The maximum absolute atomic E-state index is 13.9. The summed E-state index contributed by atoms with van der Waals surface area (Å²) in [6.45, 7) is 7.08. The number of benzene rings is 3. The third-order valence-corrected chi connectivity index (χ3v) is 5.92. The first-order valence-corrected chi connectivity index (χ1v) is 11.4. The van der Waals surface area contributed by atoms with Crippen molar-refractivity contribution in [1.29, 1.82) is 0 Å². The number of amidine groups is 1. The van der Waals surface area contributed by atoms with E-state index < -0.39 is 17.9 Å². The molecule has 0 spiro atoms. The largest absolute Gasteiger partial charge is 0.416 e. The first kappa shape index (κ1) is 24.2. The summed E-state index contributed by atoms with van der Waals surface area (Å²) in [6.07, 6.45) is -4.50. The molecule has 1 atom stereocenters. The van der Waals surface area contributed by atoms with Crippen LogP contribution >= 0.6 is 0 Å². The molecule has 182 valence electrons. The van der Waals surface area contributed by atoms with Crippen LogP contribution in [-0.2, 0) is 6.18 Å². The van der Waals surface area contributed by atoms with Crippen LogP contribution in [0, 0.1) is 0 Å². The monoisotopic (exact) mass is 479 g/mol. The molecule has 0 aromatic heterocycles. The Kier molecular flexibility index (Phi) is 6.73. The van der Waals surface area contributed by atoms with E-state index >= 15 is 0 Å². The van der Waals surface area contributed by atoms with Gasteiger partial charge in [0.05, 0.1) is 16.9 Å². The smallest absolute Gasteiger partial charge is 0.397 e. The number of nitrogen functional groups attached to an aromatic ring is 1. The molecule has 1 heterocycles. The minimum atomic E-state index is -4.52. The van der Waals surface area contributed by atoms with E-state index in [-0.39, 0.29) is 5.56 Å². The molecule has 4 rings (SSSR count). The van der Waals surface area contributed by atoms with Crippen LogP contribution < -0.4 is 21.3 Å². The van der Waals surface area contributed by atoms with Gasteiger partial charge in [-0.25, -0.2) is 4.99 Å². The summed E-state index contributed by atoms with van der Waals surface area (Å²) in [4.78, 5) is 6.42. The van der Waals surface area contributed by atoms with Gasteiger partial charge in [-0.05, 0) is 30.7 Å². The van der Waals surface area contributed by atoms with Gasteiger partial charge in [-0.1, -0.05) is 56.0 Å². The number of nitrogens with one attached hydrogen (secondary N) is 2. The summed E-state index contributed by atoms with van der Waals surface area (Å²) in [5.41, 5.74) is 9.69. The zero-order chi connectivity index (χ0) is 25.2. The summed E-state index contributed by atoms with van der Waals surface area (Å²) < 4.78 is 41.6. The molecule has 0 fully saturated rings. The standard InChI is InChI=1S/C27H28F3N5/c1-4-16-32-23-15-8-6-10-18(23)17(2)33-25-20-12-9-14-22(31)24(20)35(3)26(34-25)19-11-5-7-13-21(19)27(28,29)30/h5-15,26,32H,2,4,16,31H2,1,3H3,(H,33,34). The number of para-hydroxylation sites is 2. The van der Waals surface area contributed by atoms with Crippen LogP contribution in [0.4, 0.5) is 30.2 Å². The lowest BCUT2D eigenvalue weighted by Gasteiger charge is -2.36. The van der Waals surface area contributed by atoms with Crippen LogP contribution in [0.15, 0.2) is 78.3 Å². The molecule has 35 heavy (non-hydrogen) atoms. The minimum Gasteiger partial charge on any atom is -0.397 e. The van der Waals surface area contributed by atoms with Crippen molar-refractivity contribution >= 4 is 28.6 Å². The van der Waals surface area contributed by atoms with Crippen molar-refractivity contribution in [3.8, 4) is 0 Å². The average molecular weight is 480 g/mol. The molecule has 0 radical (unpaired) electrons. The number of halogens is 3. The molecule has 3 aromatic rings. The Morgan fingerprint density at radius 1 is 1.06 bits per heavy atom. The quantitative estimate of drug-likeness (QED) is 0.365.